The predicted octanol–water partition coefficient (Wildman–Crippen LogP) is 3.60. The maximum atomic E-state index is 13.3. The first-order chi connectivity index (χ1) is 15.4. The number of carbonyl (C=O) groups is 2. The molecule has 180 valence electrons. The van der Waals surface area contributed by atoms with E-state index in [0.717, 1.165) is 21.9 Å². The van der Waals surface area contributed by atoms with Crippen molar-refractivity contribution in [2.45, 2.75) is 57.6 Å². The third kappa shape index (κ3) is 7.28. The largest absolute Gasteiger partial charge is 0.352 e. The fraction of sp³-hybridized carbons (Fsp3) is 0.417. The maximum absolute atomic E-state index is 13.3. The number of hydrogen-bond donors (Lipinski definition) is 1. The molecule has 0 saturated heterocycles. The smallest absolute Gasteiger partial charge is 0.243 e. The highest BCUT2D eigenvalue weighted by Gasteiger charge is 2.30. The van der Waals surface area contributed by atoms with Crippen LogP contribution in [-0.2, 0) is 26.2 Å². The molecular formula is C24H32ClN3O4S. The number of sulfonamides is 1. The lowest BCUT2D eigenvalue weighted by atomic mass is 10.1. The molecule has 0 spiro atoms. The van der Waals surface area contributed by atoms with E-state index in [1.807, 2.05) is 45.0 Å². The topological polar surface area (TPSA) is 86.8 Å². The average Bonchev–Trinajstić information content (AvgIpc) is 2.78. The molecule has 0 aliphatic rings. The van der Waals surface area contributed by atoms with Gasteiger partial charge < -0.3 is 10.2 Å². The third-order valence-corrected chi connectivity index (χ3v) is 7.59. The molecule has 9 heteroatoms. The van der Waals surface area contributed by atoms with Gasteiger partial charge in [-0.25, -0.2) is 8.42 Å². The molecule has 0 aliphatic carbocycles. The summed E-state index contributed by atoms with van der Waals surface area (Å²) in [5, 5.41) is 3.31. The van der Waals surface area contributed by atoms with Gasteiger partial charge in [-0.05, 0) is 57.0 Å². The lowest BCUT2D eigenvalue weighted by molar-refractivity contribution is -0.140. The van der Waals surface area contributed by atoms with Crippen LogP contribution in [0.5, 0.6) is 0 Å². The van der Waals surface area contributed by atoms with E-state index < -0.39 is 28.5 Å². The number of aryl methyl sites for hydroxylation is 1. The predicted molar refractivity (Wildman–Crippen MR) is 130 cm³/mol. The summed E-state index contributed by atoms with van der Waals surface area (Å²) in [5.41, 5.74) is 1.92. The second kappa shape index (κ2) is 11.6. The second-order valence-corrected chi connectivity index (χ2v) is 10.7. The van der Waals surface area contributed by atoms with Gasteiger partial charge >= 0.3 is 0 Å². The summed E-state index contributed by atoms with van der Waals surface area (Å²) in [6, 6.07) is 12.6. The van der Waals surface area contributed by atoms with Crippen LogP contribution in [-0.4, -0.2) is 55.1 Å². The molecule has 0 heterocycles. The van der Waals surface area contributed by atoms with Crippen LogP contribution in [0.15, 0.2) is 53.4 Å². The van der Waals surface area contributed by atoms with E-state index in [0.29, 0.717) is 5.02 Å². The first kappa shape index (κ1) is 26.8. The Labute approximate surface area is 201 Å². The molecule has 7 nitrogen and oxygen atoms in total. The summed E-state index contributed by atoms with van der Waals surface area (Å²) in [5.74, 6) is -0.754. The van der Waals surface area contributed by atoms with Crippen molar-refractivity contribution < 1.29 is 18.0 Å². The van der Waals surface area contributed by atoms with E-state index in [1.165, 1.54) is 36.2 Å². The number of rotatable bonds is 10. The molecule has 0 aromatic heterocycles. The zero-order valence-corrected chi connectivity index (χ0v) is 21.3. The quantitative estimate of drug-likeness (QED) is 0.547. The second-order valence-electron chi connectivity index (χ2n) is 8.22. The molecule has 2 amide bonds. The Morgan fingerprint density at radius 3 is 2.15 bits per heavy atom. The highest BCUT2D eigenvalue weighted by atomic mass is 35.5. The number of hydrogen-bond acceptors (Lipinski definition) is 4. The van der Waals surface area contributed by atoms with Gasteiger partial charge in [0.1, 0.15) is 6.04 Å². The molecule has 2 rings (SSSR count). The fourth-order valence-corrected chi connectivity index (χ4v) is 4.34. The first-order valence-corrected chi connectivity index (χ1v) is 12.6. The Kier molecular flexibility index (Phi) is 9.46. The van der Waals surface area contributed by atoms with E-state index in [4.69, 9.17) is 11.6 Å². The minimum Gasteiger partial charge on any atom is -0.352 e. The number of halogens is 1. The van der Waals surface area contributed by atoms with Gasteiger partial charge in [0.25, 0.3) is 0 Å². The fourth-order valence-electron chi connectivity index (χ4n) is 3.09. The van der Waals surface area contributed by atoms with E-state index in [1.54, 1.807) is 6.92 Å². The van der Waals surface area contributed by atoms with E-state index >= 15 is 0 Å². The Hall–Kier alpha value is -2.42. The van der Waals surface area contributed by atoms with E-state index in [2.05, 4.69) is 5.32 Å². The molecule has 0 fully saturated rings. The summed E-state index contributed by atoms with van der Waals surface area (Å²) in [4.78, 5) is 27.5. The average molecular weight is 494 g/mol. The lowest BCUT2D eigenvalue weighted by Crippen LogP contribution is -2.51. The van der Waals surface area contributed by atoms with Crippen LogP contribution in [0, 0.1) is 6.92 Å². The Balaban J connectivity index is 2.26. The molecule has 33 heavy (non-hydrogen) atoms. The third-order valence-electron chi connectivity index (χ3n) is 5.52. The van der Waals surface area contributed by atoms with Gasteiger partial charge in [-0.3, -0.25) is 9.59 Å². The van der Waals surface area contributed by atoms with Gasteiger partial charge in [0, 0.05) is 24.7 Å². The van der Waals surface area contributed by atoms with Crippen molar-refractivity contribution in [2.75, 3.05) is 13.6 Å². The number of benzene rings is 2. The first-order valence-electron chi connectivity index (χ1n) is 10.8. The van der Waals surface area contributed by atoms with Crippen molar-refractivity contribution >= 4 is 33.4 Å². The zero-order chi connectivity index (χ0) is 24.8. The van der Waals surface area contributed by atoms with E-state index in [-0.39, 0.29) is 23.4 Å². The molecule has 0 aliphatic heterocycles. The van der Waals surface area contributed by atoms with Gasteiger partial charge in [-0.15, -0.1) is 0 Å². The minimum atomic E-state index is -3.91. The van der Waals surface area contributed by atoms with Crippen molar-refractivity contribution in [1.82, 2.24) is 14.5 Å². The standard InChI is InChI=1S/C24H32ClN3O4S/c1-6-18(3)26-24(30)19(4)28(15-20-9-7-17(2)8-10-20)23(29)16-27(5)33(31,32)22-13-11-21(25)12-14-22/h7-14,18-19H,6,15-16H2,1-5H3,(H,26,30)/t18-,19-/m1/s1. The van der Waals surface area contributed by atoms with E-state index in [9.17, 15) is 18.0 Å². The minimum absolute atomic E-state index is 0.0369. The molecule has 0 unspecified atom stereocenters. The normalized spacial score (nSPS) is 13.4. The van der Waals surface area contributed by atoms with Crippen LogP contribution in [0.2, 0.25) is 5.02 Å². The molecule has 2 atom stereocenters. The molecule has 2 aromatic rings. The van der Waals surface area contributed by atoms with Crippen molar-refractivity contribution in [1.29, 1.82) is 0 Å². The Bertz CT molecular complexity index is 1060. The number of likely N-dealkylation sites (N-methyl/N-ethyl adjacent to an activating group) is 1. The number of carbonyl (C=O) groups excluding carboxylic acids is 2. The van der Waals surface area contributed by atoms with Gasteiger partial charge in [0.2, 0.25) is 21.8 Å². The van der Waals surface area contributed by atoms with Gasteiger partial charge in [0.15, 0.2) is 0 Å². The molecule has 0 saturated carbocycles. The monoisotopic (exact) mass is 493 g/mol. The SMILES string of the molecule is CC[C@@H](C)NC(=O)[C@@H](C)N(Cc1ccc(C)cc1)C(=O)CN(C)S(=O)(=O)c1ccc(Cl)cc1. The van der Waals surface area contributed by atoms with Crippen molar-refractivity contribution in [3.05, 3.63) is 64.7 Å². The van der Waals surface area contributed by atoms with Crippen LogP contribution in [0.4, 0.5) is 0 Å². The van der Waals surface area contributed by atoms with Gasteiger partial charge in [-0.2, -0.15) is 4.31 Å². The summed E-state index contributed by atoms with van der Waals surface area (Å²) < 4.78 is 26.8. The highest BCUT2D eigenvalue weighted by molar-refractivity contribution is 7.89. The van der Waals surface area contributed by atoms with Crippen LogP contribution in [0.1, 0.15) is 38.3 Å². The summed E-state index contributed by atoms with van der Waals surface area (Å²) in [6.07, 6.45) is 0.756. The van der Waals surface area contributed by atoms with Crippen LogP contribution in [0.3, 0.4) is 0 Å². The Morgan fingerprint density at radius 2 is 1.61 bits per heavy atom. The van der Waals surface area contributed by atoms with Crippen molar-refractivity contribution in [3.8, 4) is 0 Å². The molecule has 1 N–H and O–H groups in total. The molecular weight excluding hydrogens is 462 g/mol. The number of nitrogens with one attached hydrogen (secondary N) is 1. The zero-order valence-electron chi connectivity index (χ0n) is 19.7. The van der Waals surface area contributed by atoms with Crippen molar-refractivity contribution in [2.24, 2.45) is 0 Å². The van der Waals surface area contributed by atoms with Crippen LogP contribution >= 0.6 is 11.6 Å². The molecule has 2 aromatic carbocycles. The number of nitrogens with zero attached hydrogens (tertiary/aromatic N) is 2. The highest BCUT2D eigenvalue weighted by Crippen LogP contribution is 2.18. The lowest BCUT2D eigenvalue weighted by Gasteiger charge is -2.31. The summed E-state index contributed by atoms with van der Waals surface area (Å²) in [7, 11) is -2.56. The molecule has 0 bridgehead atoms. The summed E-state index contributed by atoms with van der Waals surface area (Å²) in [6.45, 7) is 7.24. The maximum Gasteiger partial charge on any atom is 0.243 e. The Morgan fingerprint density at radius 1 is 1.03 bits per heavy atom. The van der Waals surface area contributed by atoms with Crippen LogP contribution in [0.25, 0.3) is 0 Å². The molecule has 0 radical (unpaired) electrons. The number of amides is 2. The van der Waals surface area contributed by atoms with Gasteiger partial charge in [-0.1, -0.05) is 48.4 Å². The van der Waals surface area contributed by atoms with Crippen LogP contribution < -0.4 is 5.32 Å². The summed E-state index contributed by atoms with van der Waals surface area (Å²) >= 11 is 5.86. The van der Waals surface area contributed by atoms with Gasteiger partial charge in [0.05, 0.1) is 11.4 Å². The van der Waals surface area contributed by atoms with Crippen molar-refractivity contribution in [3.63, 3.8) is 0 Å².